The molecule has 1 aromatic heterocycles. The number of benzene rings is 1. The molecule has 2 aromatic rings. The predicted octanol–water partition coefficient (Wildman–Crippen LogP) is 4.52. The number of hydrogen-bond donors (Lipinski definition) is 1. The highest BCUT2D eigenvalue weighted by atomic mass is 79.9. The molecule has 3 nitrogen and oxygen atoms in total. The van der Waals surface area contributed by atoms with Crippen LogP contribution in [0.3, 0.4) is 0 Å². The molecule has 106 valence electrons. The van der Waals surface area contributed by atoms with E-state index < -0.39 is 11.6 Å². The molecule has 0 aliphatic heterocycles. The summed E-state index contributed by atoms with van der Waals surface area (Å²) < 4.78 is 27.9. The van der Waals surface area contributed by atoms with Crippen molar-refractivity contribution in [3.8, 4) is 0 Å². The Morgan fingerprint density at radius 3 is 2.60 bits per heavy atom. The summed E-state index contributed by atoms with van der Waals surface area (Å²) in [4.78, 5) is 8.49. The van der Waals surface area contributed by atoms with Crippen molar-refractivity contribution in [1.82, 2.24) is 9.97 Å². The second-order valence-electron chi connectivity index (χ2n) is 4.45. The zero-order chi connectivity index (χ0) is 14.7. The molecule has 1 N–H and O–H groups in total. The fourth-order valence-corrected chi connectivity index (χ4v) is 2.17. The Labute approximate surface area is 124 Å². The first kappa shape index (κ1) is 14.8. The Hall–Kier alpha value is -1.56. The molecule has 0 saturated heterocycles. The number of aromatic nitrogens is 2. The van der Waals surface area contributed by atoms with E-state index in [4.69, 9.17) is 0 Å². The van der Waals surface area contributed by atoms with Gasteiger partial charge in [0, 0.05) is 18.6 Å². The van der Waals surface area contributed by atoms with Gasteiger partial charge in [-0.25, -0.2) is 18.7 Å². The number of anilines is 2. The Kier molecular flexibility index (Phi) is 4.65. The molecule has 0 amide bonds. The van der Waals surface area contributed by atoms with Crippen LogP contribution < -0.4 is 5.32 Å². The minimum Gasteiger partial charge on any atom is -0.338 e. The van der Waals surface area contributed by atoms with Gasteiger partial charge in [-0.15, -0.1) is 0 Å². The fourth-order valence-electron chi connectivity index (χ4n) is 1.74. The summed E-state index contributed by atoms with van der Waals surface area (Å²) in [6.45, 7) is 3.54. The van der Waals surface area contributed by atoms with Gasteiger partial charge < -0.3 is 5.32 Å². The molecule has 1 heterocycles. The summed E-state index contributed by atoms with van der Waals surface area (Å²) in [6, 6.07) is 3.90. The molecule has 6 heteroatoms. The van der Waals surface area contributed by atoms with Crippen LogP contribution in [-0.2, 0) is 6.42 Å². The third-order valence-electron chi connectivity index (χ3n) is 2.73. The first-order chi connectivity index (χ1) is 9.49. The van der Waals surface area contributed by atoms with Crippen molar-refractivity contribution >= 4 is 27.4 Å². The van der Waals surface area contributed by atoms with Crippen LogP contribution in [0.1, 0.15) is 24.7 Å². The van der Waals surface area contributed by atoms with E-state index in [1.54, 1.807) is 6.07 Å². The summed E-state index contributed by atoms with van der Waals surface area (Å²) in [5.74, 6) is 0.0984. The Bertz CT molecular complexity index is 632. The largest absolute Gasteiger partial charge is 0.338 e. The molecule has 20 heavy (non-hydrogen) atoms. The van der Waals surface area contributed by atoms with Crippen molar-refractivity contribution in [3.05, 3.63) is 45.8 Å². The number of halogens is 3. The molecule has 0 atom stereocenters. The maximum absolute atomic E-state index is 13.8. The van der Waals surface area contributed by atoms with Crippen LogP contribution in [0.4, 0.5) is 20.3 Å². The molecule has 0 aliphatic carbocycles. The summed E-state index contributed by atoms with van der Waals surface area (Å²) in [6.07, 6.45) is 1.63. The minimum atomic E-state index is -0.518. The van der Waals surface area contributed by atoms with Gasteiger partial charge in [-0.1, -0.05) is 6.92 Å². The lowest BCUT2D eigenvalue weighted by molar-refractivity contribution is 0.595. The average Bonchev–Trinajstić information content (AvgIpc) is 2.35. The van der Waals surface area contributed by atoms with E-state index >= 15 is 0 Å². The molecule has 0 saturated carbocycles. The molecule has 2 rings (SSSR count). The van der Waals surface area contributed by atoms with Gasteiger partial charge in [0.05, 0.1) is 5.69 Å². The van der Waals surface area contributed by atoms with Crippen LogP contribution in [0.15, 0.2) is 22.8 Å². The molecule has 1 aromatic carbocycles. The lowest BCUT2D eigenvalue weighted by atomic mass is 10.2. The topological polar surface area (TPSA) is 37.8 Å². The second-order valence-corrected chi connectivity index (χ2v) is 5.26. The van der Waals surface area contributed by atoms with E-state index in [-0.39, 0.29) is 11.3 Å². The lowest BCUT2D eigenvalue weighted by Gasteiger charge is -2.10. The maximum Gasteiger partial charge on any atom is 0.147 e. The molecule has 0 spiro atoms. The summed E-state index contributed by atoms with van der Waals surface area (Å²) in [7, 11) is 0. The van der Waals surface area contributed by atoms with Gasteiger partial charge in [-0.2, -0.15) is 0 Å². The van der Waals surface area contributed by atoms with Crippen molar-refractivity contribution in [3.63, 3.8) is 0 Å². The van der Waals surface area contributed by atoms with Crippen LogP contribution in [0.2, 0.25) is 0 Å². The van der Waals surface area contributed by atoms with E-state index in [0.29, 0.717) is 16.2 Å². The normalized spacial score (nSPS) is 10.7. The van der Waals surface area contributed by atoms with Crippen molar-refractivity contribution in [1.29, 1.82) is 0 Å². The van der Waals surface area contributed by atoms with Crippen LogP contribution in [0, 0.1) is 18.6 Å². The summed E-state index contributed by atoms with van der Waals surface area (Å²) >= 11 is 3.28. The third-order valence-corrected chi connectivity index (χ3v) is 3.13. The molecule has 0 unspecified atom stereocenters. The first-order valence-electron chi connectivity index (χ1n) is 6.25. The molecular formula is C14H14BrF2N3. The van der Waals surface area contributed by atoms with Crippen molar-refractivity contribution in [2.24, 2.45) is 0 Å². The van der Waals surface area contributed by atoms with E-state index in [9.17, 15) is 8.78 Å². The number of hydrogen-bond acceptors (Lipinski definition) is 3. The second kappa shape index (κ2) is 6.26. The molecular weight excluding hydrogens is 328 g/mol. The predicted molar refractivity (Wildman–Crippen MR) is 78.1 cm³/mol. The number of nitrogens with one attached hydrogen (secondary N) is 1. The number of nitrogens with zero attached hydrogens (tertiary/aromatic N) is 2. The third kappa shape index (κ3) is 3.50. The van der Waals surface area contributed by atoms with Gasteiger partial charge in [-0.05, 0) is 40.9 Å². The van der Waals surface area contributed by atoms with Gasteiger partial charge in [0.15, 0.2) is 0 Å². The van der Waals surface area contributed by atoms with Crippen LogP contribution in [0.25, 0.3) is 0 Å². The van der Waals surface area contributed by atoms with E-state index in [0.717, 1.165) is 25.0 Å². The Morgan fingerprint density at radius 1 is 1.15 bits per heavy atom. The molecule has 0 radical (unpaired) electrons. The zero-order valence-electron chi connectivity index (χ0n) is 11.2. The monoisotopic (exact) mass is 341 g/mol. The maximum atomic E-state index is 13.8. The van der Waals surface area contributed by atoms with Crippen molar-refractivity contribution in [2.75, 3.05) is 5.32 Å². The van der Waals surface area contributed by atoms with Gasteiger partial charge in [0.1, 0.15) is 27.9 Å². The zero-order valence-corrected chi connectivity index (χ0v) is 12.8. The molecule has 0 aliphatic rings. The molecule has 0 bridgehead atoms. The van der Waals surface area contributed by atoms with Crippen LogP contribution >= 0.6 is 15.9 Å². The van der Waals surface area contributed by atoms with Crippen LogP contribution in [0.5, 0.6) is 0 Å². The summed E-state index contributed by atoms with van der Waals surface area (Å²) in [5, 5.41) is 2.78. The highest BCUT2D eigenvalue weighted by Gasteiger charge is 2.09. The quantitative estimate of drug-likeness (QED) is 0.830. The Morgan fingerprint density at radius 2 is 1.90 bits per heavy atom. The fraction of sp³-hybridized carbons (Fsp3) is 0.286. The van der Waals surface area contributed by atoms with E-state index in [2.05, 4.69) is 31.2 Å². The minimum absolute atomic E-state index is 0.0566. The van der Waals surface area contributed by atoms with E-state index in [1.807, 2.05) is 6.92 Å². The smallest absolute Gasteiger partial charge is 0.147 e. The van der Waals surface area contributed by atoms with Crippen LogP contribution in [-0.4, -0.2) is 9.97 Å². The first-order valence-corrected chi connectivity index (χ1v) is 7.05. The summed E-state index contributed by atoms with van der Waals surface area (Å²) in [5.41, 5.74) is 0.324. The van der Waals surface area contributed by atoms with Crippen molar-refractivity contribution < 1.29 is 8.78 Å². The highest BCUT2D eigenvalue weighted by molar-refractivity contribution is 9.10. The Balaban J connectivity index is 2.32. The molecule has 0 fully saturated rings. The van der Waals surface area contributed by atoms with Gasteiger partial charge in [0.25, 0.3) is 0 Å². The van der Waals surface area contributed by atoms with Gasteiger partial charge >= 0.3 is 0 Å². The lowest BCUT2D eigenvalue weighted by Crippen LogP contribution is -2.02. The standard InChI is InChI=1S/C14H14BrF2N3/c1-3-4-13-19-12(15)7-14(20-13)18-11-6-9(16)8(2)5-10(11)17/h5-7H,3-4H2,1-2H3,(H,18,19,20). The van der Waals surface area contributed by atoms with Gasteiger partial charge in [0.2, 0.25) is 0 Å². The number of aryl methyl sites for hydroxylation is 2. The average molecular weight is 342 g/mol. The van der Waals surface area contributed by atoms with Crippen molar-refractivity contribution in [2.45, 2.75) is 26.7 Å². The number of rotatable bonds is 4. The van der Waals surface area contributed by atoms with Gasteiger partial charge in [-0.3, -0.25) is 0 Å². The SMILES string of the molecule is CCCc1nc(Br)cc(Nc2cc(F)c(C)cc2F)n1. The van der Waals surface area contributed by atoms with E-state index in [1.165, 1.54) is 6.92 Å². The highest BCUT2D eigenvalue weighted by Crippen LogP contribution is 2.23.